The molecule has 4 atom stereocenters. The van der Waals surface area contributed by atoms with E-state index >= 15 is 0 Å². The van der Waals surface area contributed by atoms with Crippen LogP contribution in [0.2, 0.25) is 0 Å². The van der Waals surface area contributed by atoms with Gasteiger partial charge in [-0.2, -0.15) is 0 Å². The molecule has 1 aliphatic heterocycles. The van der Waals surface area contributed by atoms with Crippen LogP contribution in [0.15, 0.2) is 0 Å². The summed E-state index contributed by atoms with van der Waals surface area (Å²) in [5.41, 5.74) is 0. The van der Waals surface area contributed by atoms with Gasteiger partial charge < -0.3 is 10.6 Å². The summed E-state index contributed by atoms with van der Waals surface area (Å²) in [4.78, 5) is 25.3. The maximum absolute atomic E-state index is 12.1. The summed E-state index contributed by atoms with van der Waals surface area (Å²) in [5, 5.41) is 5.93. The number of hydrogen-bond acceptors (Lipinski definition) is 3. The van der Waals surface area contributed by atoms with E-state index in [1.54, 1.807) is 0 Å². The molecule has 2 amide bonds. The molecule has 20 heavy (non-hydrogen) atoms. The van der Waals surface area contributed by atoms with Gasteiger partial charge in [0.15, 0.2) is 0 Å². The second kappa shape index (κ2) is 5.72. The number of piperazine rings is 1. The second-order valence-electron chi connectivity index (χ2n) is 6.76. The fourth-order valence-corrected chi connectivity index (χ4v) is 4.34. The Kier molecular flexibility index (Phi) is 3.96. The van der Waals surface area contributed by atoms with E-state index in [4.69, 9.17) is 0 Å². The van der Waals surface area contributed by atoms with Crippen molar-refractivity contribution in [3.8, 4) is 0 Å². The minimum Gasteiger partial charge on any atom is -0.354 e. The van der Waals surface area contributed by atoms with Gasteiger partial charge in [0.2, 0.25) is 11.8 Å². The van der Waals surface area contributed by atoms with Gasteiger partial charge in [0.05, 0.1) is 13.1 Å². The number of rotatable bonds is 4. The lowest BCUT2D eigenvalue weighted by molar-refractivity contribution is -0.127. The van der Waals surface area contributed by atoms with Crippen molar-refractivity contribution in [2.75, 3.05) is 26.2 Å². The highest BCUT2D eigenvalue weighted by molar-refractivity contribution is 5.81. The lowest BCUT2D eigenvalue weighted by Gasteiger charge is -2.30. The van der Waals surface area contributed by atoms with Crippen molar-refractivity contribution < 1.29 is 9.59 Å². The lowest BCUT2D eigenvalue weighted by Crippen LogP contribution is -2.52. The summed E-state index contributed by atoms with van der Waals surface area (Å²) < 4.78 is 0. The molecule has 0 aromatic rings. The topological polar surface area (TPSA) is 61.4 Å². The SMILES string of the molecule is CC(NC(=O)CN1CCNC(=O)C1)C1CC2CCC1C2. The molecule has 2 saturated carbocycles. The van der Waals surface area contributed by atoms with Crippen LogP contribution in [0.25, 0.3) is 0 Å². The predicted molar refractivity (Wildman–Crippen MR) is 76.0 cm³/mol. The third kappa shape index (κ3) is 2.97. The quantitative estimate of drug-likeness (QED) is 0.781. The van der Waals surface area contributed by atoms with Crippen LogP contribution in [-0.2, 0) is 9.59 Å². The first-order valence-corrected chi connectivity index (χ1v) is 7.90. The van der Waals surface area contributed by atoms with Gasteiger partial charge in [-0.1, -0.05) is 6.42 Å². The van der Waals surface area contributed by atoms with Crippen molar-refractivity contribution >= 4 is 11.8 Å². The van der Waals surface area contributed by atoms with Crippen molar-refractivity contribution in [1.29, 1.82) is 0 Å². The summed E-state index contributed by atoms with van der Waals surface area (Å²) in [7, 11) is 0. The predicted octanol–water partition coefficient (Wildman–Crippen LogP) is 0.359. The Bertz CT molecular complexity index is 399. The lowest BCUT2D eigenvalue weighted by atomic mass is 9.84. The Labute approximate surface area is 120 Å². The van der Waals surface area contributed by atoms with Gasteiger partial charge in [-0.25, -0.2) is 0 Å². The molecule has 2 aliphatic carbocycles. The molecule has 0 radical (unpaired) electrons. The molecular weight excluding hydrogens is 254 g/mol. The molecule has 2 N–H and O–H groups in total. The molecule has 2 bridgehead atoms. The average Bonchev–Trinajstić information content (AvgIpc) is 3.00. The van der Waals surface area contributed by atoms with E-state index < -0.39 is 0 Å². The zero-order chi connectivity index (χ0) is 14.1. The molecule has 3 fully saturated rings. The van der Waals surface area contributed by atoms with E-state index in [9.17, 15) is 9.59 Å². The van der Waals surface area contributed by atoms with Crippen molar-refractivity contribution in [1.82, 2.24) is 15.5 Å². The van der Waals surface area contributed by atoms with Gasteiger partial charge in [0.1, 0.15) is 0 Å². The van der Waals surface area contributed by atoms with Crippen molar-refractivity contribution in [3.05, 3.63) is 0 Å². The fourth-order valence-electron chi connectivity index (χ4n) is 4.34. The van der Waals surface area contributed by atoms with Gasteiger partial charge in [0, 0.05) is 19.1 Å². The Morgan fingerprint density at radius 1 is 1.45 bits per heavy atom. The standard InChI is InChI=1S/C15H25N3O2/c1-10(13-7-11-2-3-12(13)6-11)17-15(20)9-18-5-4-16-14(19)8-18/h10-13H,2-9H2,1H3,(H,16,19)(H,17,20). The molecule has 0 aromatic carbocycles. The molecule has 4 unspecified atom stereocenters. The molecule has 3 aliphatic rings. The van der Waals surface area contributed by atoms with Crippen LogP contribution < -0.4 is 10.6 Å². The summed E-state index contributed by atoms with van der Waals surface area (Å²) in [6, 6.07) is 0.274. The molecule has 5 nitrogen and oxygen atoms in total. The normalized spacial score (nSPS) is 34.9. The van der Waals surface area contributed by atoms with E-state index in [0.717, 1.165) is 18.4 Å². The fraction of sp³-hybridized carbons (Fsp3) is 0.867. The Morgan fingerprint density at radius 3 is 2.95 bits per heavy atom. The third-order valence-electron chi connectivity index (χ3n) is 5.31. The minimum atomic E-state index is 0.0187. The van der Waals surface area contributed by atoms with Crippen LogP contribution in [0.4, 0.5) is 0 Å². The van der Waals surface area contributed by atoms with Crippen molar-refractivity contribution in [2.45, 2.75) is 38.6 Å². The summed E-state index contributed by atoms with van der Waals surface area (Å²) in [6.07, 6.45) is 5.40. The third-order valence-corrected chi connectivity index (χ3v) is 5.31. The van der Waals surface area contributed by atoms with Gasteiger partial charge in [-0.05, 0) is 43.9 Å². The largest absolute Gasteiger partial charge is 0.354 e. The van der Waals surface area contributed by atoms with Crippen LogP contribution in [0.5, 0.6) is 0 Å². The highest BCUT2D eigenvalue weighted by atomic mass is 16.2. The molecule has 112 valence electrons. The van der Waals surface area contributed by atoms with Gasteiger partial charge in [0.25, 0.3) is 0 Å². The highest BCUT2D eigenvalue weighted by Gasteiger charge is 2.42. The van der Waals surface area contributed by atoms with E-state index in [0.29, 0.717) is 25.6 Å². The maximum Gasteiger partial charge on any atom is 0.234 e. The second-order valence-corrected chi connectivity index (χ2v) is 6.76. The Morgan fingerprint density at radius 2 is 2.30 bits per heavy atom. The monoisotopic (exact) mass is 279 g/mol. The number of hydrogen-bond donors (Lipinski definition) is 2. The van der Waals surface area contributed by atoms with Gasteiger partial charge in [-0.15, -0.1) is 0 Å². The van der Waals surface area contributed by atoms with Crippen LogP contribution in [0, 0.1) is 17.8 Å². The Hall–Kier alpha value is -1.10. The van der Waals surface area contributed by atoms with E-state index in [2.05, 4.69) is 17.6 Å². The van der Waals surface area contributed by atoms with E-state index in [1.807, 2.05) is 4.90 Å². The summed E-state index contributed by atoms with van der Waals surface area (Å²) >= 11 is 0. The van der Waals surface area contributed by atoms with Crippen molar-refractivity contribution in [3.63, 3.8) is 0 Å². The molecule has 0 aromatic heterocycles. The summed E-state index contributed by atoms with van der Waals surface area (Å²) in [5.74, 6) is 2.49. The minimum absolute atomic E-state index is 0.0187. The van der Waals surface area contributed by atoms with Crippen LogP contribution >= 0.6 is 0 Å². The van der Waals surface area contributed by atoms with Crippen molar-refractivity contribution in [2.24, 2.45) is 17.8 Å². The van der Waals surface area contributed by atoms with Gasteiger partial charge in [-0.3, -0.25) is 14.5 Å². The smallest absolute Gasteiger partial charge is 0.234 e. The summed E-state index contributed by atoms with van der Waals surface area (Å²) in [6.45, 7) is 4.25. The molecule has 0 spiro atoms. The molecule has 5 heteroatoms. The average molecular weight is 279 g/mol. The molecule has 1 heterocycles. The van der Waals surface area contributed by atoms with E-state index in [1.165, 1.54) is 25.7 Å². The first-order chi connectivity index (χ1) is 9.61. The van der Waals surface area contributed by atoms with Gasteiger partial charge >= 0.3 is 0 Å². The number of carbonyl (C=O) groups is 2. The number of amides is 2. The Balaban J connectivity index is 1.45. The zero-order valence-electron chi connectivity index (χ0n) is 12.2. The molecular formula is C15H25N3O2. The van der Waals surface area contributed by atoms with Crippen LogP contribution in [0.1, 0.15) is 32.6 Å². The first-order valence-electron chi connectivity index (χ1n) is 7.90. The molecule has 1 saturated heterocycles. The van der Waals surface area contributed by atoms with Crippen LogP contribution in [0.3, 0.4) is 0 Å². The number of nitrogens with one attached hydrogen (secondary N) is 2. The zero-order valence-corrected chi connectivity index (χ0v) is 12.2. The first kappa shape index (κ1) is 13.9. The number of carbonyl (C=O) groups excluding carboxylic acids is 2. The number of nitrogens with zero attached hydrogens (tertiary/aromatic N) is 1. The number of fused-ring (bicyclic) bond motifs is 2. The molecule has 3 rings (SSSR count). The highest BCUT2D eigenvalue weighted by Crippen LogP contribution is 2.49. The maximum atomic E-state index is 12.1. The van der Waals surface area contributed by atoms with E-state index in [-0.39, 0.29) is 17.9 Å². The van der Waals surface area contributed by atoms with Crippen LogP contribution in [-0.4, -0.2) is 48.9 Å².